The smallest absolute Gasteiger partial charge is 0.387 e. The molecular formula is C16H18ClF3N2O3S. The summed E-state index contributed by atoms with van der Waals surface area (Å²) in [4.78, 5) is -0.365. The molecule has 0 saturated heterocycles. The number of sulfonamides is 1. The van der Waals surface area contributed by atoms with Crippen LogP contribution in [0.25, 0.3) is 0 Å². The van der Waals surface area contributed by atoms with Gasteiger partial charge in [-0.15, -0.1) is 12.4 Å². The maximum absolute atomic E-state index is 13.9. The highest BCUT2D eigenvalue weighted by atomic mass is 35.5. The lowest BCUT2D eigenvalue weighted by Crippen LogP contribution is -2.35. The molecule has 0 atom stereocenters. The summed E-state index contributed by atoms with van der Waals surface area (Å²) in [6.07, 6.45) is 0. The van der Waals surface area contributed by atoms with Gasteiger partial charge in [-0.05, 0) is 23.8 Å². The lowest BCUT2D eigenvalue weighted by molar-refractivity contribution is -0.0522. The maximum atomic E-state index is 13.9. The Morgan fingerprint density at radius 2 is 1.77 bits per heavy atom. The molecule has 0 fully saturated rings. The van der Waals surface area contributed by atoms with Crippen LogP contribution in [0, 0.1) is 5.82 Å². The molecule has 0 heterocycles. The Bertz CT molecular complexity index is 808. The second-order valence-corrected chi connectivity index (χ2v) is 7.02. The highest BCUT2D eigenvalue weighted by Gasteiger charge is 2.25. The molecule has 0 aliphatic rings. The van der Waals surface area contributed by atoms with E-state index in [2.05, 4.69) is 4.74 Å². The van der Waals surface area contributed by atoms with E-state index in [1.165, 1.54) is 0 Å². The van der Waals surface area contributed by atoms with Crippen molar-refractivity contribution in [3.05, 3.63) is 59.9 Å². The van der Waals surface area contributed by atoms with E-state index in [1.54, 1.807) is 30.3 Å². The average Bonchev–Trinajstić information content (AvgIpc) is 2.57. The van der Waals surface area contributed by atoms with E-state index in [-0.39, 0.29) is 36.9 Å². The van der Waals surface area contributed by atoms with Crippen LogP contribution in [0.4, 0.5) is 13.2 Å². The number of alkyl halides is 2. The third-order valence-electron chi connectivity index (χ3n) is 3.34. The van der Waals surface area contributed by atoms with Crippen LogP contribution in [0.2, 0.25) is 0 Å². The summed E-state index contributed by atoms with van der Waals surface area (Å²) in [5.74, 6) is -1.91. The van der Waals surface area contributed by atoms with Crippen LogP contribution in [-0.2, 0) is 16.6 Å². The predicted octanol–water partition coefficient (Wildman–Crippen LogP) is 3.00. The fourth-order valence-corrected chi connectivity index (χ4v) is 3.65. The zero-order chi connectivity index (χ0) is 18.4. The van der Waals surface area contributed by atoms with E-state index >= 15 is 0 Å². The van der Waals surface area contributed by atoms with Crippen LogP contribution in [-0.4, -0.2) is 32.4 Å². The van der Waals surface area contributed by atoms with Crippen molar-refractivity contribution in [2.75, 3.05) is 13.1 Å². The molecule has 0 aromatic heterocycles. The molecule has 10 heteroatoms. The predicted molar refractivity (Wildman–Crippen MR) is 93.4 cm³/mol. The van der Waals surface area contributed by atoms with Gasteiger partial charge >= 0.3 is 6.61 Å². The number of nitrogens with zero attached hydrogens (tertiary/aromatic N) is 1. The highest BCUT2D eigenvalue weighted by Crippen LogP contribution is 2.25. The van der Waals surface area contributed by atoms with Crippen molar-refractivity contribution in [2.24, 2.45) is 5.73 Å². The first-order valence-corrected chi connectivity index (χ1v) is 8.77. The molecule has 2 aromatic carbocycles. The van der Waals surface area contributed by atoms with Crippen LogP contribution in [0.1, 0.15) is 5.56 Å². The standard InChI is InChI=1S/C16H17F3N2O3S.ClH/c17-14-10-13(6-7-15(14)24-16(18)19)25(22,23)21(9-8-20)11-12-4-2-1-3-5-12;/h1-7,10,16H,8-9,11,20H2;1H. The van der Waals surface area contributed by atoms with Crippen molar-refractivity contribution in [3.8, 4) is 5.75 Å². The monoisotopic (exact) mass is 410 g/mol. The molecule has 5 nitrogen and oxygen atoms in total. The number of hydrogen-bond acceptors (Lipinski definition) is 4. The Labute approximate surface area is 156 Å². The summed E-state index contributed by atoms with van der Waals surface area (Å²) >= 11 is 0. The number of benzene rings is 2. The van der Waals surface area contributed by atoms with Crippen LogP contribution in [0.5, 0.6) is 5.75 Å². The minimum absolute atomic E-state index is 0. The molecule has 2 rings (SSSR count). The molecule has 0 aliphatic heterocycles. The molecule has 0 unspecified atom stereocenters. The number of halogens is 4. The van der Waals surface area contributed by atoms with Crippen LogP contribution >= 0.6 is 12.4 Å². The van der Waals surface area contributed by atoms with Gasteiger partial charge in [0.1, 0.15) is 0 Å². The second-order valence-electron chi connectivity index (χ2n) is 5.08. The topological polar surface area (TPSA) is 72.6 Å². The average molecular weight is 411 g/mol. The highest BCUT2D eigenvalue weighted by molar-refractivity contribution is 7.89. The summed E-state index contributed by atoms with van der Waals surface area (Å²) in [6.45, 7) is -3.06. The van der Waals surface area contributed by atoms with Gasteiger partial charge in [0.25, 0.3) is 0 Å². The largest absolute Gasteiger partial charge is 0.432 e. The maximum Gasteiger partial charge on any atom is 0.387 e. The number of hydrogen-bond donors (Lipinski definition) is 1. The number of nitrogens with two attached hydrogens (primary N) is 1. The van der Waals surface area contributed by atoms with Crippen molar-refractivity contribution in [1.29, 1.82) is 0 Å². The van der Waals surface area contributed by atoms with Crippen molar-refractivity contribution in [3.63, 3.8) is 0 Å². The fourth-order valence-electron chi connectivity index (χ4n) is 2.20. The number of rotatable bonds is 8. The molecule has 2 N–H and O–H groups in total. The molecule has 0 aliphatic carbocycles. The minimum Gasteiger partial charge on any atom is -0.432 e. The van der Waals surface area contributed by atoms with Gasteiger partial charge in [0.2, 0.25) is 10.0 Å². The van der Waals surface area contributed by atoms with Gasteiger partial charge in [0, 0.05) is 19.6 Å². The van der Waals surface area contributed by atoms with Gasteiger partial charge < -0.3 is 10.5 Å². The summed E-state index contributed by atoms with van der Waals surface area (Å²) < 4.78 is 68.7. The van der Waals surface area contributed by atoms with Gasteiger partial charge in [-0.3, -0.25) is 0 Å². The molecule has 0 bridgehead atoms. The van der Waals surface area contributed by atoms with Crippen molar-refractivity contribution in [1.82, 2.24) is 4.31 Å². The van der Waals surface area contributed by atoms with E-state index in [0.717, 1.165) is 22.0 Å². The quantitative estimate of drug-likeness (QED) is 0.726. The van der Waals surface area contributed by atoms with Crippen molar-refractivity contribution in [2.45, 2.75) is 18.1 Å². The lowest BCUT2D eigenvalue weighted by Gasteiger charge is -2.22. The van der Waals surface area contributed by atoms with Crippen LogP contribution in [0.15, 0.2) is 53.4 Å². The van der Waals surface area contributed by atoms with E-state index in [9.17, 15) is 21.6 Å². The normalized spacial score (nSPS) is 11.5. The molecule has 26 heavy (non-hydrogen) atoms. The zero-order valence-corrected chi connectivity index (χ0v) is 15.2. The van der Waals surface area contributed by atoms with E-state index in [4.69, 9.17) is 5.73 Å². The van der Waals surface area contributed by atoms with Gasteiger partial charge in [-0.25, -0.2) is 12.8 Å². The van der Waals surface area contributed by atoms with Crippen LogP contribution < -0.4 is 10.5 Å². The Morgan fingerprint density at radius 3 is 2.31 bits per heavy atom. The minimum atomic E-state index is -4.06. The van der Waals surface area contributed by atoms with Crippen LogP contribution in [0.3, 0.4) is 0 Å². The molecule has 0 amide bonds. The van der Waals surface area contributed by atoms with Gasteiger partial charge in [0.05, 0.1) is 4.90 Å². The molecule has 144 valence electrons. The van der Waals surface area contributed by atoms with Gasteiger partial charge in [-0.2, -0.15) is 13.1 Å². The molecule has 2 aromatic rings. The molecule has 0 spiro atoms. The SMILES string of the molecule is Cl.NCCN(Cc1ccccc1)S(=O)(=O)c1ccc(OC(F)F)c(F)c1. The first kappa shape index (κ1) is 22.2. The second kappa shape index (κ2) is 9.77. The van der Waals surface area contributed by atoms with E-state index in [1.807, 2.05) is 0 Å². The van der Waals surface area contributed by atoms with E-state index in [0.29, 0.717) is 6.07 Å². The number of ether oxygens (including phenoxy) is 1. The summed E-state index contributed by atoms with van der Waals surface area (Å²) in [7, 11) is -4.06. The first-order valence-electron chi connectivity index (χ1n) is 7.33. The Morgan fingerprint density at radius 1 is 1.12 bits per heavy atom. The third-order valence-corrected chi connectivity index (χ3v) is 5.18. The lowest BCUT2D eigenvalue weighted by atomic mass is 10.2. The van der Waals surface area contributed by atoms with Gasteiger partial charge in [0.15, 0.2) is 11.6 Å². The Hall–Kier alpha value is -1.81. The first-order chi connectivity index (χ1) is 11.8. The Balaban J connectivity index is 0.00000338. The molecule has 0 radical (unpaired) electrons. The van der Waals surface area contributed by atoms with Crippen molar-refractivity contribution >= 4 is 22.4 Å². The van der Waals surface area contributed by atoms with Crippen molar-refractivity contribution < 1.29 is 26.3 Å². The van der Waals surface area contributed by atoms with Gasteiger partial charge in [-0.1, -0.05) is 30.3 Å². The molecular weight excluding hydrogens is 393 g/mol. The summed E-state index contributed by atoms with van der Waals surface area (Å²) in [5, 5.41) is 0. The fraction of sp³-hybridized carbons (Fsp3) is 0.250. The third kappa shape index (κ3) is 5.60. The summed E-state index contributed by atoms with van der Waals surface area (Å²) in [5.41, 5.74) is 6.22. The zero-order valence-electron chi connectivity index (χ0n) is 13.5. The Kier molecular flexibility index (Phi) is 8.35. The molecule has 0 saturated carbocycles. The van der Waals surface area contributed by atoms with E-state index < -0.39 is 28.2 Å². The summed E-state index contributed by atoms with van der Waals surface area (Å²) in [6, 6.07) is 11.3.